The Hall–Kier alpha value is -0.280. The van der Waals surface area contributed by atoms with E-state index in [-0.39, 0.29) is 0 Å². The molecule has 0 saturated heterocycles. The minimum absolute atomic E-state index is 0.308. The topological polar surface area (TPSA) is 46.5 Å². The largest absolute Gasteiger partial charge is 0.479 e. The van der Waals surface area contributed by atoms with E-state index in [2.05, 4.69) is 0 Å². The van der Waals surface area contributed by atoms with Crippen molar-refractivity contribution in [3.8, 4) is 0 Å². The lowest BCUT2D eigenvalue weighted by Gasteiger charge is -2.11. The van der Waals surface area contributed by atoms with Crippen LogP contribution < -0.4 is 0 Å². The molecule has 0 aromatic carbocycles. The summed E-state index contributed by atoms with van der Waals surface area (Å²) < 4.78 is 5.02. The van der Waals surface area contributed by atoms with Gasteiger partial charge >= 0.3 is 5.97 Å². The predicted octanol–water partition coefficient (Wildman–Crippen LogP) is 1.89. The van der Waals surface area contributed by atoms with Crippen molar-refractivity contribution in [2.24, 2.45) is 0 Å². The summed E-state index contributed by atoms with van der Waals surface area (Å²) in [6.45, 7) is 2.32. The molecular formula is C8H15ClO3. The number of hydrogen-bond donors (Lipinski definition) is 1. The number of aliphatic carboxylic acids is 1. The maximum atomic E-state index is 10.5. The van der Waals surface area contributed by atoms with Gasteiger partial charge in [-0.3, -0.25) is 0 Å². The Morgan fingerprint density at radius 1 is 1.67 bits per heavy atom. The number of carbonyl (C=O) groups is 1. The van der Waals surface area contributed by atoms with Gasteiger partial charge in [-0.25, -0.2) is 4.79 Å². The van der Waals surface area contributed by atoms with Crippen LogP contribution in [0.1, 0.15) is 26.2 Å². The molecular weight excluding hydrogens is 180 g/mol. The van der Waals surface area contributed by atoms with Crippen molar-refractivity contribution < 1.29 is 14.6 Å². The van der Waals surface area contributed by atoms with E-state index in [1.54, 1.807) is 0 Å². The highest BCUT2D eigenvalue weighted by atomic mass is 35.5. The second kappa shape index (κ2) is 7.37. The van der Waals surface area contributed by atoms with Crippen LogP contribution in [0.3, 0.4) is 0 Å². The third-order valence-corrected chi connectivity index (χ3v) is 1.65. The van der Waals surface area contributed by atoms with Gasteiger partial charge in [0.1, 0.15) is 0 Å². The fraction of sp³-hybridized carbons (Fsp3) is 0.875. The normalized spacial score (nSPS) is 12.8. The lowest BCUT2D eigenvalue weighted by Crippen LogP contribution is -2.24. The van der Waals surface area contributed by atoms with E-state index in [1.807, 2.05) is 6.92 Å². The number of rotatable bonds is 7. The lowest BCUT2D eigenvalue weighted by molar-refractivity contribution is -0.150. The van der Waals surface area contributed by atoms with Crippen molar-refractivity contribution in [1.29, 1.82) is 0 Å². The molecule has 0 radical (unpaired) electrons. The molecule has 1 N–H and O–H groups in total. The number of carboxylic acid groups (broad SMARTS) is 1. The molecule has 0 heterocycles. The van der Waals surface area contributed by atoms with Crippen molar-refractivity contribution in [2.75, 3.05) is 12.5 Å². The van der Waals surface area contributed by atoms with Gasteiger partial charge in [-0.15, -0.1) is 11.6 Å². The van der Waals surface area contributed by atoms with E-state index < -0.39 is 12.1 Å². The third kappa shape index (κ3) is 5.38. The molecule has 0 aliphatic heterocycles. The molecule has 0 rings (SSSR count). The highest BCUT2D eigenvalue weighted by Crippen LogP contribution is 2.05. The van der Waals surface area contributed by atoms with Gasteiger partial charge in [0.15, 0.2) is 6.10 Å². The number of carboxylic acids is 1. The summed E-state index contributed by atoms with van der Waals surface area (Å²) in [4.78, 5) is 10.5. The average molecular weight is 195 g/mol. The molecule has 0 saturated carbocycles. The standard InChI is InChI=1S/C8H15ClO3/c1-2-3-4-7(8(10)11)12-6-5-9/h7H,2-6H2,1H3,(H,10,11). The van der Waals surface area contributed by atoms with Gasteiger partial charge in [0.05, 0.1) is 6.61 Å². The zero-order valence-electron chi connectivity index (χ0n) is 7.25. The van der Waals surface area contributed by atoms with Crippen LogP contribution in [0.25, 0.3) is 0 Å². The number of ether oxygens (including phenoxy) is 1. The molecule has 12 heavy (non-hydrogen) atoms. The highest BCUT2D eigenvalue weighted by molar-refractivity contribution is 6.17. The smallest absolute Gasteiger partial charge is 0.332 e. The van der Waals surface area contributed by atoms with Gasteiger partial charge in [0.2, 0.25) is 0 Å². The molecule has 0 aliphatic carbocycles. The van der Waals surface area contributed by atoms with E-state index in [9.17, 15) is 4.79 Å². The van der Waals surface area contributed by atoms with Crippen LogP contribution in [0, 0.1) is 0 Å². The summed E-state index contributed by atoms with van der Waals surface area (Å²) in [5, 5.41) is 8.66. The fourth-order valence-corrected chi connectivity index (χ4v) is 0.944. The van der Waals surface area contributed by atoms with Crippen LogP contribution >= 0.6 is 11.6 Å². The summed E-state index contributed by atoms with van der Waals surface area (Å²) in [6, 6.07) is 0. The van der Waals surface area contributed by atoms with Crippen molar-refractivity contribution >= 4 is 17.6 Å². The first-order valence-electron chi connectivity index (χ1n) is 4.12. The van der Waals surface area contributed by atoms with E-state index in [0.29, 0.717) is 18.9 Å². The molecule has 1 atom stereocenters. The molecule has 0 bridgehead atoms. The Kier molecular flexibility index (Phi) is 7.20. The molecule has 4 heteroatoms. The first kappa shape index (κ1) is 11.7. The van der Waals surface area contributed by atoms with Crippen LogP contribution in [0.15, 0.2) is 0 Å². The van der Waals surface area contributed by atoms with Crippen LogP contribution in [0.2, 0.25) is 0 Å². The summed E-state index contributed by atoms with van der Waals surface area (Å²) in [5.41, 5.74) is 0. The van der Waals surface area contributed by atoms with E-state index >= 15 is 0 Å². The first-order valence-corrected chi connectivity index (χ1v) is 4.66. The summed E-state index contributed by atoms with van der Waals surface area (Å²) >= 11 is 5.37. The first-order chi connectivity index (χ1) is 5.72. The predicted molar refractivity (Wildman–Crippen MR) is 47.6 cm³/mol. The SMILES string of the molecule is CCCCC(OCCCl)C(=O)O. The minimum atomic E-state index is -0.895. The highest BCUT2D eigenvalue weighted by Gasteiger charge is 2.16. The summed E-state index contributed by atoms with van der Waals surface area (Å²) in [6.07, 6.45) is 1.75. The van der Waals surface area contributed by atoms with Crippen molar-refractivity contribution in [2.45, 2.75) is 32.3 Å². The number of halogens is 1. The van der Waals surface area contributed by atoms with Crippen LogP contribution in [-0.4, -0.2) is 29.7 Å². The van der Waals surface area contributed by atoms with Gasteiger partial charge < -0.3 is 9.84 Å². The van der Waals surface area contributed by atoms with Gasteiger partial charge in [-0.2, -0.15) is 0 Å². The third-order valence-electron chi connectivity index (χ3n) is 1.49. The number of unbranched alkanes of at least 4 members (excludes halogenated alkanes) is 1. The Morgan fingerprint density at radius 3 is 2.75 bits per heavy atom. The minimum Gasteiger partial charge on any atom is -0.479 e. The van der Waals surface area contributed by atoms with Crippen molar-refractivity contribution in [3.63, 3.8) is 0 Å². The number of alkyl halides is 1. The van der Waals surface area contributed by atoms with E-state index in [1.165, 1.54) is 0 Å². The molecule has 72 valence electrons. The maximum absolute atomic E-state index is 10.5. The van der Waals surface area contributed by atoms with E-state index in [0.717, 1.165) is 12.8 Å². The molecule has 3 nitrogen and oxygen atoms in total. The molecule has 1 unspecified atom stereocenters. The Balaban J connectivity index is 3.62. The molecule has 0 spiro atoms. The lowest BCUT2D eigenvalue weighted by atomic mass is 10.1. The van der Waals surface area contributed by atoms with Crippen molar-refractivity contribution in [1.82, 2.24) is 0 Å². The summed E-state index contributed by atoms with van der Waals surface area (Å²) in [7, 11) is 0. The molecule has 0 aliphatic rings. The average Bonchev–Trinajstić information content (AvgIpc) is 2.04. The van der Waals surface area contributed by atoms with Gasteiger partial charge in [-0.1, -0.05) is 19.8 Å². The van der Waals surface area contributed by atoms with Crippen LogP contribution in [0.5, 0.6) is 0 Å². The Labute approximate surface area is 77.7 Å². The van der Waals surface area contributed by atoms with Crippen LogP contribution in [-0.2, 0) is 9.53 Å². The zero-order chi connectivity index (χ0) is 9.40. The quantitative estimate of drug-likeness (QED) is 0.630. The van der Waals surface area contributed by atoms with Crippen LogP contribution in [0.4, 0.5) is 0 Å². The zero-order valence-corrected chi connectivity index (χ0v) is 8.01. The van der Waals surface area contributed by atoms with Crippen molar-refractivity contribution in [3.05, 3.63) is 0 Å². The second-order valence-corrected chi connectivity index (χ2v) is 2.91. The second-order valence-electron chi connectivity index (χ2n) is 2.53. The van der Waals surface area contributed by atoms with E-state index in [4.69, 9.17) is 21.4 Å². The summed E-state index contributed by atoms with van der Waals surface area (Å²) in [5.74, 6) is -0.552. The van der Waals surface area contributed by atoms with Gasteiger partial charge in [-0.05, 0) is 6.42 Å². The monoisotopic (exact) mass is 194 g/mol. The Bertz CT molecular complexity index is 119. The maximum Gasteiger partial charge on any atom is 0.332 e. The molecule has 0 fully saturated rings. The molecule has 0 amide bonds. The van der Waals surface area contributed by atoms with Gasteiger partial charge in [0, 0.05) is 5.88 Å². The number of hydrogen-bond acceptors (Lipinski definition) is 2. The fourth-order valence-electron chi connectivity index (χ4n) is 0.854. The Morgan fingerprint density at radius 2 is 2.33 bits per heavy atom. The van der Waals surface area contributed by atoms with Gasteiger partial charge in [0.25, 0.3) is 0 Å². The molecule has 0 aromatic rings. The molecule has 0 aromatic heterocycles.